The second-order valence-electron chi connectivity index (χ2n) is 3.93. The van der Waals surface area contributed by atoms with Crippen LogP contribution in [0.15, 0.2) is 48.8 Å². The summed E-state index contributed by atoms with van der Waals surface area (Å²) in [5.74, 6) is -0.209. The van der Waals surface area contributed by atoms with Gasteiger partial charge < -0.3 is 5.11 Å². The molecule has 0 bridgehead atoms. The van der Waals surface area contributed by atoms with Crippen molar-refractivity contribution in [1.82, 2.24) is 9.97 Å². The minimum absolute atomic E-state index is 0.0960. The molecule has 4 heteroatoms. The summed E-state index contributed by atoms with van der Waals surface area (Å²) in [7, 11) is 0. The average Bonchev–Trinajstić information content (AvgIpc) is 2.40. The van der Waals surface area contributed by atoms with Gasteiger partial charge >= 0.3 is 0 Å². The highest BCUT2D eigenvalue weighted by Gasteiger charge is 2.05. The zero-order chi connectivity index (χ0) is 12.5. The fourth-order valence-corrected chi connectivity index (χ4v) is 1.81. The molecule has 2 heterocycles. The first-order valence-electron chi connectivity index (χ1n) is 5.44. The van der Waals surface area contributed by atoms with E-state index < -0.39 is 0 Å². The molecule has 3 aromatic rings. The van der Waals surface area contributed by atoms with Crippen LogP contribution in [0, 0.1) is 5.82 Å². The minimum Gasteiger partial charge on any atom is -0.506 e. The Morgan fingerprint density at radius 2 is 1.89 bits per heavy atom. The fourth-order valence-electron chi connectivity index (χ4n) is 1.81. The number of aromatic nitrogens is 2. The molecule has 0 aliphatic carbocycles. The number of nitrogens with zero attached hydrogens (tertiary/aromatic N) is 2. The molecule has 3 rings (SSSR count). The summed E-state index contributed by atoms with van der Waals surface area (Å²) in [4.78, 5) is 8.27. The van der Waals surface area contributed by atoms with Crippen molar-refractivity contribution in [2.45, 2.75) is 0 Å². The summed E-state index contributed by atoms with van der Waals surface area (Å²) in [5, 5.41) is 9.64. The summed E-state index contributed by atoms with van der Waals surface area (Å²) < 4.78 is 13.6. The first kappa shape index (κ1) is 10.7. The number of pyridine rings is 2. The van der Waals surface area contributed by atoms with Crippen molar-refractivity contribution >= 4 is 10.9 Å². The van der Waals surface area contributed by atoms with Gasteiger partial charge in [-0.15, -0.1) is 0 Å². The maximum atomic E-state index is 13.6. The molecule has 0 unspecified atom stereocenters. The highest BCUT2D eigenvalue weighted by Crippen LogP contribution is 2.23. The summed E-state index contributed by atoms with van der Waals surface area (Å²) in [5.41, 5.74) is 1.97. The van der Waals surface area contributed by atoms with Crippen LogP contribution < -0.4 is 0 Å². The maximum absolute atomic E-state index is 13.6. The Morgan fingerprint density at radius 1 is 1.00 bits per heavy atom. The highest BCUT2D eigenvalue weighted by atomic mass is 19.1. The molecule has 0 aliphatic heterocycles. The zero-order valence-corrected chi connectivity index (χ0v) is 9.34. The monoisotopic (exact) mass is 240 g/mol. The van der Waals surface area contributed by atoms with E-state index in [-0.39, 0.29) is 11.6 Å². The molecular weight excluding hydrogens is 231 g/mol. The largest absolute Gasteiger partial charge is 0.506 e. The van der Waals surface area contributed by atoms with Gasteiger partial charge in [0.25, 0.3) is 0 Å². The Labute approximate surface area is 103 Å². The molecule has 0 radical (unpaired) electrons. The first-order chi connectivity index (χ1) is 8.74. The number of rotatable bonds is 1. The predicted octanol–water partition coefficient (Wildman–Crippen LogP) is 3.14. The number of aromatic hydroxyl groups is 1. The molecule has 1 aromatic carbocycles. The molecule has 0 atom stereocenters. The lowest BCUT2D eigenvalue weighted by Crippen LogP contribution is -1.87. The van der Waals surface area contributed by atoms with Crippen LogP contribution in [0.1, 0.15) is 0 Å². The molecule has 18 heavy (non-hydrogen) atoms. The van der Waals surface area contributed by atoms with Crippen LogP contribution in [0.4, 0.5) is 4.39 Å². The smallest absolute Gasteiger partial charge is 0.133 e. The van der Waals surface area contributed by atoms with Crippen LogP contribution >= 0.6 is 0 Å². The van der Waals surface area contributed by atoms with Gasteiger partial charge in [-0.3, -0.25) is 9.97 Å². The molecule has 0 amide bonds. The van der Waals surface area contributed by atoms with Crippen molar-refractivity contribution < 1.29 is 9.50 Å². The molecule has 0 saturated heterocycles. The number of fused-ring (bicyclic) bond motifs is 1. The van der Waals surface area contributed by atoms with Crippen LogP contribution in [-0.4, -0.2) is 15.1 Å². The average molecular weight is 240 g/mol. The van der Waals surface area contributed by atoms with Gasteiger partial charge in [0.1, 0.15) is 11.6 Å². The van der Waals surface area contributed by atoms with E-state index >= 15 is 0 Å². The van der Waals surface area contributed by atoms with Gasteiger partial charge in [-0.2, -0.15) is 0 Å². The molecular formula is C14H9FN2O. The van der Waals surface area contributed by atoms with Gasteiger partial charge in [0.05, 0.1) is 17.4 Å². The summed E-state index contributed by atoms with van der Waals surface area (Å²) in [6.45, 7) is 0. The quantitative estimate of drug-likeness (QED) is 0.710. The molecule has 0 spiro atoms. The van der Waals surface area contributed by atoms with Crippen LogP contribution in [0.2, 0.25) is 0 Å². The van der Waals surface area contributed by atoms with Crippen LogP contribution in [0.25, 0.3) is 22.2 Å². The Bertz CT molecular complexity index is 711. The molecule has 0 fully saturated rings. The van der Waals surface area contributed by atoms with E-state index in [9.17, 15) is 9.50 Å². The van der Waals surface area contributed by atoms with Crippen molar-refractivity contribution in [2.24, 2.45) is 0 Å². The minimum atomic E-state index is -0.305. The van der Waals surface area contributed by atoms with E-state index in [0.29, 0.717) is 22.2 Å². The van der Waals surface area contributed by atoms with Crippen LogP contribution in [0.5, 0.6) is 5.75 Å². The second-order valence-corrected chi connectivity index (χ2v) is 3.93. The van der Waals surface area contributed by atoms with Gasteiger partial charge in [0.2, 0.25) is 0 Å². The van der Waals surface area contributed by atoms with Gasteiger partial charge in [-0.05, 0) is 30.3 Å². The summed E-state index contributed by atoms with van der Waals surface area (Å²) >= 11 is 0. The SMILES string of the molecule is Oc1ccc(-c2cnc3cccc(F)c3c2)nc1. The first-order valence-corrected chi connectivity index (χ1v) is 5.44. The van der Waals surface area contributed by atoms with Crippen molar-refractivity contribution in [2.75, 3.05) is 0 Å². The topological polar surface area (TPSA) is 46.0 Å². The molecule has 88 valence electrons. The van der Waals surface area contributed by atoms with E-state index in [1.807, 2.05) is 0 Å². The van der Waals surface area contributed by atoms with Crippen molar-refractivity contribution in [1.29, 1.82) is 0 Å². The molecule has 2 aromatic heterocycles. The molecule has 0 saturated carbocycles. The van der Waals surface area contributed by atoms with Crippen LogP contribution in [-0.2, 0) is 0 Å². The third-order valence-electron chi connectivity index (χ3n) is 2.72. The Morgan fingerprint density at radius 3 is 2.67 bits per heavy atom. The molecule has 1 N–H and O–H groups in total. The van der Waals surface area contributed by atoms with Crippen molar-refractivity contribution in [3.05, 3.63) is 54.6 Å². The normalized spacial score (nSPS) is 10.7. The maximum Gasteiger partial charge on any atom is 0.133 e. The van der Waals surface area contributed by atoms with Gasteiger partial charge in [0.15, 0.2) is 0 Å². The Kier molecular flexibility index (Phi) is 2.41. The number of hydrogen-bond acceptors (Lipinski definition) is 3. The summed E-state index contributed by atoms with van der Waals surface area (Å²) in [6.07, 6.45) is 2.99. The van der Waals surface area contributed by atoms with Gasteiger partial charge in [-0.1, -0.05) is 6.07 Å². The van der Waals surface area contributed by atoms with Gasteiger partial charge in [-0.25, -0.2) is 4.39 Å². The lowest BCUT2D eigenvalue weighted by atomic mass is 10.1. The van der Waals surface area contributed by atoms with Crippen LogP contribution in [0.3, 0.4) is 0 Å². The van der Waals surface area contributed by atoms with Crippen molar-refractivity contribution in [3.63, 3.8) is 0 Å². The van der Waals surface area contributed by atoms with E-state index in [2.05, 4.69) is 9.97 Å². The zero-order valence-electron chi connectivity index (χ0n) is 9.34. The molecule has 0 aliphatic rings. The number of halogens is 1. The van der Waals surface area contributed by atoms with E-state index in [4.69, 9.17) is 0 Å². The fraction of sp³-hybridized carbons (Fsp3) is 0. The number of hydrogen-bond donors (Lipinski definition) is 1. The van der Waals surface area contributed by atoms with E-state index in [1.165, 1.54) is 18.3 Å². The lowest BCUT2D eigenvalue weighted by molar-refractivity contribution is 0.473. The standard InChI is InChI=1S/C14H9FN2O/c15-12-2-1-3-14-11(12)6-9(7-16-14)13-5-4-10(18)8-17-13/h1-8,18H. The second kappa shape index (κ2) is 4.07. The molecule has 3 nitrogen and oxygen atoms in total. The van der Waals surface area contributed by atoms with E-state index in [1.54, 1.807) is 30.5 Å². The number of benzene rings is 1. The third-order valence-corrected chi connectivity index (χ3v) is 2.72. The summed E-state index contributed by atoms with van der Waals surface area (Å²) in [6, 6.07) is 9.69. The van der Waals surface area contributed by atoms with Gasteiger partial charge in [0, 0.05) is 17.1 Å². The Hall–Kier alpha value is -2.49. The third kappa shape index (κ3) is 1.78. The van der Waals surface area contributed by atoms with Crippen molar-refractivity contribution in [3.8, 4) is 17.0 Å². The highest BCUT2D eigenvalue weighted by molar-refractivity contribution is 5.83. The predicted molar refractivity (Wildman–Crippen MR) is 66.6 cm³/mol. The Balaban J connectivity index is 2.18. The lowest BCUT2D eigenvalue weighted by Gasteiger charge is -2.03. The van der Waals surface area contributed by atoms with E-state index in [0.717, 1.165) is 0 Å².